The first kappa shape index (κ1) is 24.3. The predicted octanol–water partition coefficient (Wildman–Crippen LogP) is 4.59. The van der Waals surface area contributed by atoms with E-state index in [0.717, 1.165) is 37.2 Å². The van der Waals surface area contributed by atoms with Gasteiger partial charge in [0.2, 0.25) is 0 Å². The molecular formula is C25H34N2O4. The van der Waals surface area contributed by atoms with Crippen LogP contribution in [0.4, 0.5) is 0 Å². The molecular weight excluding hydrogens is 392 g/mol. The molecule has 0 aromatic heterocycles. The lowest BCUT2D eigenvalue weighted by Crippen LogP contribution is -2.41. The van der Waals surface area contributed by atoms with Gasteiger partial charge in [0, 0.05) is 23.7 Å². The Balaban J connectivity index is 1.75. The third-order valence-corrected chi connectivity index (χ3v) is 4.71. The van der Waals surface area contributed by atoms with Crippen LogP contribution in [0.15, 0.2) is 48.5 Å². The van der Waals surface area contributed by atoms with Gasteiger partial charge in [0.25, 0.3) is 11.8 Å². The second-order valence-electron chi connectivity index (χ2n) is 7.54. The summed E-state index contributed by atoms with van der Waals surface area (Å²) in [6.45, 7) is 7.75. The van der Waals surface area contributed by atoms with Gasteiger partial charge in [0.05, 0.1) is 13.2 Å². The first-order valence-corrected chi connectivity index (χ1v) is 11.1. The van der Waals surface area contributed by atoms with Crippen LogP contribution in [-0.2, 0) is 0 Å². The Labute approximate surface area is 185 Å². The highest BCUT2D eigenvalue weighted by molar-refractivity contribution is 5.95. The fourth-order valence-electron chi connectivity index (χ4n) is 2.78. The molecule has 0 spiro atoms. The number of ether oxygens (including phenoxy) is 2. The van der Waals surface area contributed by atoms with Crippen LogP contribution in [0, 0.1) is 0 Å². The molecule has 168 valence electrons. The third kappa shape index (κ3) is 8.70. The Hall–Kier alpha value is -3.02. The molecule has 1 atom stereocenters. The van der Waals surface area contributed by atoms with Gasteiger partial charge in [-0.3, -0.25) is 9.59 Å². The molecule has 2 amide bonds. The van der Waals surface area contributed by atoms with Crippen molar-refractivity contribution in [2.75, 3.05) is 19.8 Å². The standard InChI is InChI=1S/C25H34N2O4/c1-4-6-16-30-22-12-8-20(9-13-22)24(28)26-18-19(3)27-25(29)21-10-14-23(15-11-21)31-17-7-5-2/h8-15,19H,4-7,16-18H2,1-3H3,(H,26,28)(H,27,29)/t19-/m1/s1. The summed E-state index contributed by atoms with van der Waals surface area (Å²) in [6.07, 6.45) is 4.16. The smallest absolute Gasteiger partial charge is 0.251 e. The first-order valence-electron chi connectivity index (χ1n) is 11.1. The van der Waals surface area contributed by atoms with E-state index in [0.29, 0.717) is 30.9 Å². The molecule has 2 N–H and O–H groups in total. The minimum absolute atomic E-state index is 0.185. The largest absolute Gasteiger partial charge is 0.494 e. The van der Waals surface area contributed by atoms with Crippen LogP contribution in [0.1, 0.15) is 67.2 Å². The molecule has 0 saturated carbocycles. The van der Waals surface area contributed by atoms with E-state index < -0.39 is 0 Å². The van der Waals surface area contributed by atoms with Gasteiger partial charge in [0.15, 0.2) is 0 Å². The highest BCUT2D eigenvalue weighted by Gasteiger charge is 2.12. The normalized spacial score (nSPS) is 11.5. The fraction of sp³-hybridized carbons (Fsp3) is 0.440. The molecule has 0 aliphatic heterocycles. The van der Waals surface area contributed by atoms with E-state index in [1.54, 1.807) is 48.5 Å². The van der Waals surface area contributed by atoms with Gasteiger partial charge in [-0.05, 0) is 68.3 Å². The van der Waals surface area contributed by atoms with Crippen LogP contribution < -0.4 is 20.1 Å². The number of carbonyl (C=O) groups is 2. The number of amides is 2. The summed E-state index contributed by atoms with van der Waals surface area (Å²) in [5, 5.41) is 5.75. The van der Waals surface area contributed by atoms with Gasteiger partial charge < -0.3 is 20.1 Å². The molecule has 2 rings (SSSR count). The van der Waals surface area contributed by atoms with Gasteiger partial charge >= 0.3 is 0 Å². The Kier molecular flexibility index (Phi) is 10.4. The lowest BCUT2D eigenvalue weighted by atomic mass is 10.2. The number of rotatable bonds is 13. The first-order chi connectivity index (χ1) is 15.0. The highest BCUT2D eigenvalue weighted by Crippen LogP contribution is 2.14. The zero-order valence-electron chi connectivity index (χ0n) is 18.8. The van der Waals surface area contributed by atoms with E-state index in [1.165, 1.54) is 0 Å². The maximum Gasteiger partial charge on any atom is 0.251 e. The summed E-state index contributed by atoms with van der Waals surface area (Å²) < 4.78 is 11.2. The molecule has 0 aliphatic rings. The molecule has 0 fully saturated rings. The van der Waals surface area contributed by atoms with Crippen LogP contribution in [0.3, 0.4) is 0 Å². The minimum atomic E-state index is -0.214. The van der Waals surface area contributed by atoms with Crippen LogP contribution in [0.2, 0.25) is 0 Å². The number of nitrogens with one attached hydrogen (secondary N) is 2. The predicted molar refractivity (Wildman–Crippen MR) is 123 cm³/mol. The van der Waals surface area contributed by atoms with Gasteiger partial charge in [-0.25, -0.2) is 0 Å². The van der Waals surface area contributed by atoms with Crippen molar-refractivity contribution in [3.05, 3.63) is 59.7 Å². The van der Waals surface area contributed by atoms with E-state index in [2.05, 4.69) is 24.5 Å². The average molecular weight is 427 g/mol. The number of hydrogen-bond donors (Lipinski definition) is 2. The molecule has 6 heteroatoms. The van der Waals surface area contributed by atoms with Crippen molar-refractivity contribution in [1.29, 1.82) is 0 Å². The Morgan fingerprint density at radius 3 is 1.68 bits per heavy atom. The third-order valence-electron chi connectivity index (χ3n) is 4.71. The van der Waals surface area contributed by atoms with Gasteiger partial charge in [-0.15, -0.1) is 0 Å². The fourth-order valence-corrected chi connectivity index (χ4v) is 2.78. The summed E-state index contributed by atoms with van der Waals surface area (Å²) in [6, 6.07) is 13.9. The number of carbonyl (C=O) groups excluding carboxylic acids is 2. The van der Waals surface area contributed by atoms with Gasteiger partial charge in [-0.1, -0.05) is 26.7 Å². The Morgan fingerprint density at radius 2 is 1.23 bits per heavy atom. The number of unbranched alkanes of at least 4 members (excludes halogenated alkanes) is 2. The summed E-state index contributed by atoms with van der Waals surface area (Å²) in [5.41, 5.74) is 1.11. The maximum atomic E-state index is 12.4. The Bertz CT molecular complexity index is 803. The zero-order chi connectivity index (χ0) is 22.5. The van der Waals surface area contributed by atoms with Crippen LogP contribution in [0.5, 0.6) is 11.5 Å². The van der Waals surface area contributed by atoms with Gasteiger partial charge in [-0.2, -0.15) is 0 Å². The SMILES string of the molecule is CCCCOc1ccc(C(=O)NC[C@@H](C)NC(=O)c2ccc(OCCCC)cc2)cc1. The lowest BCUT2D eigenvalue weighted by molar-refractivity contribution is 0.0912. The number of benzene rings is 2. The van der Waals surface area contributed by atoms with E-state index >= 15 is 0 Å². The second-order valence-corrected chi connectivity index (χ2v) is 7.54. The maximum absolute atomic E-state index is 12.4. The monoisotopic (exact) mass is 426 g/mol. The zero-order valence-corrected chi connectivity index (χ0v) is 18.8. The molecule has 0 aliphatic carbocycles. The minimum Gasteiger partial charge on any atom is -0.494 e. The molecule has 31 heavy (non-hydrogen) atoms. The van der Waals surface area contributed by atoms with Crippen molar-refractivity contribution in [2.24, 2.45) is 0 Å². The Morgan fingerprint density at radius 1 is 0.774 bits per heavy atom. The topological polar surface area (TPSA) is 76.7 Å². The van der Waals surface area contributed by atoms with Crippen molar-refractivity contribution >= 4 is 11.8 Å². The molecule has 0 heterocycles. The summed E-state index contributed by atoms with van der Waals surface area (Å²) >= 11 is 0. The van der Waals surface area contributed by atoms with E-state index in [9.17, 15) is 9.59 Å². The molecule has 0 saturated heterocycles. The second kappa shape index (κ2) is 13.3. The van der Waals surface area contributed by atoms with E-state index in [1.807, 2.05) is 6.92 Å². The molecule has 0 unspecified atom stereocenters. The molecule has 6 nitrogen and oxygen atoms in total. The van der Waals surface area contributed by atoms with E-state index in [4.69, 9.17) is 9.47 Å². The van der Waals surface area contributed by atoms with Crippen LogP contribution >= 0.6 is 0 Å². The van der Waals surface area contributed by atoms with Crippen molar-refractivity contribution < 1.29 is 19.1 Å². The van der Waals surface area contributed by atoms with Gasteiger partial charge in [0.1, 0.15) is 11.5 Å². The molecule has 0 radical (unpaired) electrons. The van der Waals surface area contributed by atoms with Crippen LogP contribution in [0.25, 0.3) is 0 Å². The average Bonchev–Trinajstić information content (AvgIpc) is 2.78. The lowest BCUT2D eigenvalue weighted by Gasteiger charge is -2.15. The molecule has 0 bridgehead atoms. The van der Waals surface area contributed by atoms with Crippen molar-refractivity contribution in [3.8, 4) is 11.5 Å². The van der Waals surface area contributed by atoms with Crippen LogP contribution in [-0.4, -0.2) is 37.6 Å². The summed E-state index contributed by atoms with van der Waals surface area (Å²) in [5.74, 6) is 1.14. The quantitative estimate of drug-likeness (QED) is 0.459. The van der Waals surface area contributed by atoms with Crippen molar-refractivity contribution in [3.63, 3.8) is 0 Å². The van der Waals surface area contributed by atoms with E-state index in [-0.39, 0.29) is 17.9 Å². The highest BCUT2D eigenvalue weighted by atomic mass is 16.5. The number of hydrogen-bond acceptors (Lipinski definition) is 4. The van der Waals surface area contributed by atoms with Crippen molar-refractivity contribution in [1.82, 2.24) is 10.6 Å². The molecule has 2 aromatic carbocycles. The van der Waals surface area contributed by atoms with Crippen molar-refractivity contribution in [2.45, 2.75) is 52.5 Å². The summed E-state index contributed by atoms with van der Waals surface area (Å²) in [4.78, 5) is 24.8. The summed E-state index contributed by atoms with van der Waals surface area (Å²) in [7, 11) is 0. The molecule has 2 aromatic rings.